The molecule has 1 fully saturated rings. The van der Waals surface area contributed by atoms with Crippen LogP contribution in [0, 0.1) is 5.92 Å². The molecule has 2 aliphatic rings. The lowest BCUT2D eigenvalue weighted by Gasteiger charge is -2.17. The van der Waals surface area contributed by atoms with Crippen molar-refractivity contribution in [1.82, 2.24) is 0 Å². The molecule has 0 N–H and O–H groups in total. The zero-order valence-electron chi connectivity index (χ0n) is 8.08. The van der Waals surface area contributed by atoms with Gasteiger partial charge in [-0.3, -0.25) is 0 Å². The fourth-order valence-corrected chi connectivity index (χ4v) is 1.96. The van der Waals surface area contributed by atoms with Gasteiger partial charge >= 0.3 is 5.97 Å². The molecule has 0 aliphatic heterocycles. The average Bonchev–Trinajstić information content (AvgIpc) is 2.31. The van der Waals surface area contributed by atoms with Crippen LogP contribution in [0.1, 0.15) is 39.0 Å². The van der Waals surface area contributed by atoms with Crippen LogP contribution in [-0.4, -0.2) is 12.1 Å². The van der Waals surface area contributed by atoms with Crippen molar-refractivity contribution < 1.29 is 9.53 Å². The van der Waals surface area contributed by atoms with Crippen LogP contribution in [-0.2, 0) is 9.53 Å². The van der Waals surface area contributed by atoms with E-state index in [0.29, 0.717) is 0 Å². The molecule has 2 nitrogen and oxygen atoms in total. The molecule has 0 spiro atoms. The second kappa shape index (κ2) is 3.52. The number of carbonyl (C=O) groups is 1. The molecular formula is C11H16O2. The summed E-state index contributed by atoms with van der Waals surface area (Å²) < 4.78 is 5.38. The van der Waals surface area contributed by atoms with Gasteiger partial charge in [0.25, 0.3) is 0 Å². The first-order valence-corrected chi connectivity index (χ1v) is 5.15. The minimum Gasteiger partial charge on any atom is -0.459 e. The first-order valence-electron chi connectivity index (χ1n) is 5.15. The third-order valence-corrected chi connectivity index (χ3v) is 2.99. The van der Waals surface area contributed by atoms with Gasteiger partial charge in [-0.2, -0.15) is 0 Å². The normalized spacial score (nSPS) is 32.2. The van der Waals surface area contributed by atoms with Gasteiger partial charge in [-0.15, -0.1) is 0 Å². The molecule has 2 aliphatic carbocycles. The highest BCUT2D eigenvalue weighted by Gasteiger charge is 2.26. The zero-order chi connectivity index (χ0) is 9.26. The quantitative estimate of drug-likeness (QED) is 0.610. The van der Waals surface area contributed by atoms with E-state index in [2.05, 4.69) is 6.92 Å². The van der Waals surface area contributed by atoms with Crippen LogP contribution in [0.5, 0.6) is 0 Å². The predicted molar refractivity (Wildman–Crippen MR) is 50.2 cm³/mol. The summed E-state index contributed by atoms with van der Waals surface area (Å²) in [5, 5.41) is 0. The largest absolute Gasteiger partial charge is 0.459 e. The topological polar surface area (TPSA) is 26.3 Å². The SMILES string of the molecule is CC1CCC(OC(=O)C2=CCC2)C1. The summed E-state index contributed by atoms with van der Waals surface area (Å²) in [5.41, 5.74) is 0.888. The van der Waals surface area contributed by atoms with Crippen molar-refractivity contribution in [2.75, 3.05) is 0 Å². The van der Waals surface area contributed by atoms with Crippen molar-refractivity contribution in [1.29, 1.82) is 0 Å². The Balaban J connectivity index is 1.81. The molecule has 0 heterocycles. The molecule has 2 unspecified atom stereocenters. The summed E-state index contributed by atoms with van der Waals surface area (Å²) >= 11 is 0. The number of ether oxygens (including phenoxy) is 1. The van der Waals surface area contributed by atoms with Gasteiger partial charge in [-0.05, 0) is 38.0 Å². The van der Waals surface area contributed by atoms with E-state index in [4.69, 9.17) is 4.74 Å². The first-order chi connectivity index (χ1) is 6.25. The maximum Gasteiger partial charge on any atom is 0.333 e. The highest BCUT2D eigenvalue weighted by molar-refractivity contribution is 5.89. The second-order valence-corrected chi connectivity index (χ2v) is 4.21. The Bertz CT molecular complexity index is 242. The molecule has 0 amide bonds. The maximum absolute atomic E-state index is 11.4. The van der Waals surface area contributed by atoms with Crippen LogP contribution in [0.3, 0.4) is 0 Å². The number of allylic oxidation sites excluding steroid dienone is 1. The second-order valence-electron chi connectivity index (χ2n) is 4.21. The van der Waals surface area contributed by atoms with E-state index >= 15 is 0 Å². The smallest absolute Gasteiger partial charge is 0.333 e. The molecule has 0 aromatic rings. The summed E-state index contributed by atoms with van der Waals surface area (Å²) in [5.74, 6) is 0.665. The molecule has 72 valence electrons. The van der Waals surface area contributed by atoms with Gasteiger partial charge in [-0.1, -0.05) is 13.0 Å². The van der Waals surface area contributed by atoms with E-state index in [1.54, 1.807) is 0 Å². The molecule has 2 atom stereocenters. The van der Waals surface area contributed by atoms with Gasteiger partial charge in [0.2, 0.25) is 0 Å². The predicted octanol–water partition coefficient (Wildman–Crippen LogP) is 2.44. The van der Waals surface area contributed by atoms with Crippen LogP contribution in [0.4, 0.5) is 0 Å². The van der Waals surface area contributed by atoms with Crippen LogP contribution >= 0.6 is 0 Å². The highest BCUT2D eigenvalue weighted by Crippen LogP contribution is 2.29. The Labute approximate surface area is 79.0 Å². The molecule has 0 radical (unpaired) electrons. The summed E-state index contributed by atoms with van der Waals surface area (Å²) in [6.07, 6.45) is 7.45. The minimum absolute atomic E-state index is 0.0645. The fraction of sp³-hybridized carbons (Fsp3) is 0.727. The average molecular weight is 180 g/mol. The number of rotatable bonds is 2. The van der Waals surface area contributed by atoms with Crippen LogP contribution in [0.25, 0.3) is 0 Å². The molecule has 2 heteroatoms. The van der Waals surface area contributed by atoms with E-state index in [9.17, 15) is 4.79 Å². The molecule has 0 aromatic heterocycles. The monoisotopic (exact) mass is 180 g/mol. The van der Waals surface area contributed by atoms with Gasteiger partial charge in [0.15, 0.2) is 0 Å². The summed E-state index contributed by atoms with van der Waals surface area (Å²) in [4.78, 5) is 11.4. The lowest BCUT2D eigenvalue weighted by atomic mass is 9.99. The zero-order valence-corrected chi connectivity index (χ0v) is 8.08. The molecule has 0 saturated heterocycles. The fourth-order valence-electron chi connectivity index (χ4n) is 1.96. The molecule has 13 heavy (non-hydrogen) atoms. The van der Waals surface area contributed by atoms with Crippen LogP contribution in [0.15, 0.2) is 11.6 Å². The van der Waals surface area contributed by atoms with Crippen molar-refractivity contribution in [2.45, 2.75) is 45.1 Å². The minimum atomic E-state index is -0.0645. The standard InChI is InChI=1S/C11H16O2/c1-8-5-6-10(7-8)13-11(12)9-3-2-4-9/h3,8,10H,2,4-7H2,1H3. The van der Waals surface area contributed by atoms with Gasteiger partial charge in [-0.25, -0.2) is 4.79 Å². The molecule has 1 saturated carbocycles. The Morgan fingerprint density at radius 1 is 1.54 bits per heavy atom. The van der Waals surface area contributed by atoms with Gasteiger partial charge in [0, 0.05) is 5.57 Å². The van der Waals surface area contributed by atoms with E-state index in [1.807, 2.05) is 6.08 Å². The van der Waals surface area contributed by atoms with Crippen molar-refractivity contribution in [3.63, 3.8) is 0 Å². The lowest BCUT2D eigenvalue weighted by Crippen LogP contribution is -2.19. The molecule has 0 bridgehead atoms. The first kappa shape index (κ1) is 8.79. The van der Waals surface area contributed by atoms with Gasteiger partial charge in [0.05, 0.1) is 0 Å². The third-order valence-electron chi connectivity index (χ3n) is 2.99. The number of carbonyl (C=O) groups excluding carboxylic acids is 1. The van der Waals surface area contributed by atoms with Crippen LogP contribution in [0.2, 0.25) is 0 Å². The summed E-state index contributed by atoms with van der Waals surface area (Å²) in [6, 6.07) is 0. The van der Waals surface area contributed by atoms with E-state index < -0.39 is 0 Å². The third kappa shape index (κ3) is 1.93. The van der Waals surface area contributed by atoms with Crippen molar-refractivity contribution >= 4 is 5.97 Å². The Morgan fingerprint density at radius 3 is 2.77 bits per heavy atom. The van der Waals surface area contributed by atoms with E-state index in [1.165, 1.54) is 6.42 Å². The Kier molecular flexibility index (Phi) is 2.38. The molecular weight excluding hydrogens is 164 g/mol. The Hall–Kier alpha value is -0.790. The molecule has 0 aromatic carbocycles. The lowest BCUT2D eigenvalue weighted by molar-refractivity contribution is -0.144. The maximum atomic E-state index is 11.4. The van der Waals surface area contributed by atoms with Crippen molar-refractivity contribution in [3.8, 4) is 0 Å². The van der Waals surface area contributed by atoms with E-state index in [0.717, 1.165) is 37.2 Å². The Morgan fingerprint density at radius 2 is 2.31 bits per heavy atom. The summed E-state index contributed by atoms with van der Waals surface area (Å²) in [6.45, 7) is 2.22. The number of esters is 1. The van der Waals surface area contributed by atoms with Crippen LogP contribution < -0.4 is 0 Å². The van der Waals surface area contributed by atoms with Crippen molar-refractivity contribution in [3.05, 3.63) is 11.6 Å². The summed E-state index contributed by atoms with van der Waals surface area (Å²) in [7, 11) is 0. The van der Waals surface area contributed by atoms with E-state index in [-0.39, 0.29) is 12.1 Å². The molecule has 2 rings (SSSR count). The number of hydrogen-bond donors (Lipinski definition) is 0. The van der Waals surface area contributed by atoms with Gasteiger partial charge in [0.1, 0.15) is 6.10 Å². The number of hydrogen-bond acceptors (Lipinski definition) is 2. The van der Waals surface area contributed by atoms with Gasteiger partial charge < -0.3 is 4.74 Å². The van der Waals surface area contributed by atoms with Crippen molar-refractivity contribution in [2.24, 2.45) is 5.92 Å². The highest BCUT2D eigenvalue weighted by atomic mass is 16.5.